The molecule has 86 heavy (non-hydrogen) atoms. The topological polar surface area (TPSA) is 534 Å². The molecule has 31 nitrogen and oxygen atoms in total. The number of aliphatic hydroxyl groups is 1. The molecular weight excluding hydrogens is 1120 g/mol. The Morgan fingerprint density at radius 3 is 1.35 bits per heavy atom. The molecule has 1 rings (SSSR count). The van der Waals surface area contributed by atoms with Gasteiger partial charge in [-0.05, 0) is 121 Å². The van der Waals surface area contributed by atoms with Gasteiger partial charge in [-0.25, -0.2) is 0 Å². The van der Waals surface area contributed by atoms with E-state index in [-0.39, 0.29) is 56.9 Å². The van der Waals surface area contributed by atoms with Gasteiger partial charge in [0.2, 0.25) is 70.9 Å². The third kappa shape index (κ3) is 28.6. The molecular formula is C55H95N17O14. The maximum Gasteiger partial charge on any atom is 0.245 e. The van der Waals surface area contributed by atoms with Crippen LogP contribution in [-0.2, 0) is 64.0 Å². The van der Waals surface area contributed by atoms with Gasteiger partial charge in [0.1, 0.15) is 66.2 Å². The maximum atomic E-state index is 14.6. The second-order valence-electron chi connectivity index (χ2n) is 21.6. The average Bonchev–Trinajstić information content (AvgIpc) is 3.30. The molecule has 484 valence electrons. The number of carbonyl (C=O) groups excluding carboxylic acids is 12. The van der Waals surface area contributed by atoms with E-state index in [9.17, 15) is 67.7 Å². The van der Waals surface area contributed by atoms with Crippen molar-refractivity contribution in [3.05, 3.63) is 29.8 Å². The second kappa shape index (κ2) is 39.4. The smallest absolute Gasteiger partial charge is 0.245 e. The molecule has 24 N–H and O–H groups in total. The van der Waals surface area contributed by atoms with Crippen LogP contribution in [0, 0.1) is 11.8 Å². The summed E-state index contributed by atoms with van der Waals surface area (Å²) in [4.78, 5) is 165. The summed E-state index contributed by atoms with van der Waals surface area (Å²) in [6.45, 7) is 12.2. The minimum Gasteiger partial charge on any atom is -0.508 e. The molecule has 0 aliphatic rings. The van der Waals surface area contributed by atoms with E-state index in [0.29, 0.717) is 44.2 Å². The van der Waals surface area contributed by atoms with E-state index in [1.54, 1.807) is 27.7 Å². The van der Waals surface area contributed by atoms with Gasteiger partial charge in [-0.3, -0.25) is 62.5 Å². The second-order valence-corrected chi connectivity index (χ2v) is 21.6. The van der Waals surface area contributed by atoms with Crippen molar-refractivity contribution in [2.45, 2.75) is 199 Å². The predicted octanol–water partition coefficient (Wildman–Crippen LogP) is -5.01. The molecule has 0 aromatic heterocycles. The molecule has 0 saturated carbocycles. The number of carbonyl (C=O) groups is 12. The number of unbranched alkanes of at least 4 members (excludes halogenated alkanes) is 2. The maximum absolute atomic E-state index is 14.6. The summed E-state index contributed by atoms with van der Waals surface area (Å²) in [5.41, 5.74) is 33.7. The van der Waals surface area contributed by atoms with Crippen molar-refractivity contribution < 1.29 is 67.7 Å². The van der Waals surface area contributed by atoms with Crippen LogP contribution in [0.3, 0.4) is 0 Å². The van der Waals surface area contributed by atoms with Gasteiger partial charge >= 0.3 is 0 Å². The van der Waals surface area contributed by atoms with Gasteiger partial charge in [-0.2, -0.15) is 0 Å². The first-order valence-corrected chi connectivity index (χ1v) is 28.9. The Morgan fingerprint density at radius 1 is 0.488 bits per heavy atom. The van der Waals surface area contributed by atoms with Gasteiger partial charge in [-0.1, -0.05) is 46.2 Å². The minimum atomic E-state index is -1.59. The van der Waals surface area contributed by atoms with Gasteiger partial charge < -0.3 is 97.8 Å². The Kier molecular flexibility index (Phi) is 34.8. The van der Waals surface area contributed by atoms with Crippen molar-refractivity contribution in [1.82, 2.24) is 53.2 Å². The van der Waals surface area contributed by atoms with Crippen LogP contribution in [0.25, 0.3) is 0 Å². The van der Waals surface area contributed by atoms with E-state index in [0.717, 1.165) is 6.92 Å². The number of aliphatic imine (C=N–C) groups is 1. The molecule has 0 aliphatic carbocycles. The van der Waals surface area contributed by atoms with Gasteiger partial charge in [0.25, 0.3) is 0 Å². The first-order chi connectivity index (χ1) is 40.4. The fraction of sp³-hybridized carbons (Fsp3) is 0.655. The Bertz CT molecular complexity index is 2460. The zero-order chi connectivity index (χ0) is 65.4. The summed E-state index contributed by atoms with van der Waals surface area (Å²) in [6, 6.07) is -8.06. The van der Waals surface area contributed by atoms with Crippen LogP contribution in [0.5, 0.6) is 5.75 Å². The Labute approximate surface area is 501 Å². The van der Waals surface area contributed by atoms with Crippen LogP contribution in [0.1, 0.15) is 132 Å². The highest BCUT2D eigenvalue weighted by Crippen LogP contribution is 2.15. The summed E-state index contributed by atoms with van der Waals surface area (Å²) in [7, 11) is 0. The summed E-state index contributed by atoms with van der Waals surface area (Å²) >= 11 is 0. The number of amides is 12. The Hall–Kier alpha value is -8.19. The van der Waals surface area contributed by atoms with Gasteiger partial charge in [0.15, 0.2) is 5.96 Å². The highest BCUT2D eigenvalue weighted by atomic mass is 16.3. The van der Waals surface area contributed by atoms with E-state index in [2.05, 4.69) is 58.2 Å². The molecule has 1 aromatic rings. The molecule has 0 fully saturated rings. The number of phenolic OH excluding ortho intramolecular Hbond substituents is 1. The van der Waals surface area contributed by atoms with Crippen LogP contribution < -0.4 is 87.6 Å². The Balaban J connectivity index is 3.69. The molecule has 0 aliphatic heterocycles. The first kappa shape index (κ1) is 75.8. The lowest BCUT2D eigenvalue weighted by Gasteiger charge is -2.30. The molecule has 0 unspecified atom stereocenters. The summed E-state index contributed by atoms with van der Waals surface area (Å²) in [6.07, 6.45) is -0.545. The number of aromatic hydroxyl groups is 1. The SMILES string of the molecule is CC[C@H](C)[C@H](NC(=O)[C@@H](NC(C)=O)[C@@H](C)O)C(=O)N[C@@H](CCC(N)=O)C(=O)N[C@@H](Cc1ccc(O)cc1)C(=O)N[C@@H](CCCN=C(N)N)C(=O)N[C@@H](CCCCN)C(=O)N[C@@H](C)C(=O)N[C@H](C(=O)N[C@@H](CCCCN)C(=O)N[C@@H](C)C(N)=O)C(C)C. The lowest BCUT2D eigenvalue weighted by Crippen LogP contribution is -2.61. The van der Waals surface area contributed by atoms with Crippen molar-refractivity contribution in [2.24, 2.45) is 51.2 Å². The fourth-order valence-electron chi connectivity index (χ4n) is 8.41. The average molecular weight is 1220 g/mol. The summed E-state index contributed by atoms with van der Waals surface area (Å²) in [5, 5.41) is 45.9. The number of nitrogens with one attached hydrogen (secondary N) is 10. The number of benzene rings is 1. The standard InChI is InChI=1S/C55H95N17O14/c1-9-29(4)43(72-54(86)44(32(7)73)65-33(8)74)53(85)69-39(22-23-41(58)76)50(82)70-40(27-34-18-20-35(75)21-19-34)51(83)67-38(17-14-26-62-55(60)61)49(81)66-36(15-10-12-24-56)48(80)64-31(6)46(78)71-42(28(2)3)52(84)68-37(16-11-13-25-57)47(79)63-30(5)45(59)77/h18-21,28-32,36-40,42-44,73,75H,9-17,22-27,56-57H2,1-8H3,(H2,58,76)(H2,59,77)(H,63,79)(H,64,80)(H,65,74)(H,66,81)(H,67,83)(H,68,84)(H,69,85)(H,70,82)(H,71,78)(H,72,86)(H4,60,61,62)/t29-,30-,31-,32+,36-,37-,38-,39-,40-,42-,43-,44-/m0/s1. The van der Waals surface area contributed by atoms with Crippen LogP contribution in [0.2, 0.25) is 0 Å². The van der Waals surface area contributed by atoms with Crippen LogP contribution in [0.15, 0.2) is 29.3 Å². The molecule has 0 saturated heterocycles. The van der Waals surface area contributed by atoms with Gasteiger partial charge in [0.05, 0.1) is 6.10 Å². The highest BCUT2D eigenvalue weighted by Gasteiger charge is 2.37. The molecule has 0 heterocycles. The summed E-state index contributed by atoms with van der Waals surface area (Å²) in [5.74, 6) is -11.7. The number of nitrogens with two attached hydrogens (primary N) is 6. The number of primary amides is 2. The van der Waals surface area contributed by atoms with Crippen molar-refractivity contribution >= 4 is 76.8 Å². The van der Waals surface area contributed by atoms with Crippen LogP contribution >= 0.6 is 0 Å². The quantitative estimate of drug-likeness (QED) is 0.0166. The zero-order valence-corrected chi connectivity index (χ0v) is 50.6. The Morgan fingerprint density at radius 2 is 0.907 bits per heavy atom. The highest BCUT2D eigenvalue weighted by molar-refractivity contribution is 5.99. The van der Waals surface area contributed by atoms with E-state index in [4.69, 9.17) is 34.4 Å². The van der Waals surface area contributed by atoms with Crippen molar-refractivity contribution in [2.75, 3.05) is 19.6 Å². The third-order valence-corrected chi connectivity index (χ3v) is 13.8. The molecule has 31 heteroatoms. The number of phenols is 1. The van der Waals surface area contributed by atoms with Crippen molar-refractivity contribution in [3.63, 3.8) is 0 Å². The number of hydrogen-bond acceptors (Lipinski definition) is 17. The molecule has 0 spiro atoms. The van der Waals surface area contributed by atoms with Crippen LogP contribution in [-0.4, -0.2) is 173 Å². The number of hydrogen-bond donors (Lipinski definition) is 18. The van der Waals surface area contributed by atoms with E-state index in [1.807, 2.05) is 0 Å². The fourth-order valence-corrected chi connectivity index (χ4v) is 8.41. The molecule has 12 atom stereocenters. The molecule has 1 aromatic carbocycles. The monoisotopic (exact) mass is 1220 g/mol. The normalized spacial score (nSPS) is 15.3. The van der Waals surface area contributed by atoms with E-state index in [1.165, 1.54) is 45.0 Å². The number of aliphatic hydroxyl groups excluding tert-OH is 1. The number of nitrogens with zero attached hydrogens (tertiary/aromatic N) is 1. The molecule has 12 amide bonds. The van der Waals surface area contributed by atoms with Crippen molar-refractivity contribution in [1.29, 1.82) is 0 Å². The lowest BCUT2D eigenvalue weighted by atomic mass is 9.96. The summed E-state index contributed by atoms with van der Waals surface area (Å²) < 4.78 is 0. The first-order valence-electron chi connectivity index (χ1n) is 28.9. The molecule has 0 bridgehead atoms. The number of rotatable bonds is 41. The van der Waals surface area contributed by atoms with Crippen molar-refractivity contribution in [3.8, 4) is 5.75 Å². The van der Waals surface area contributed by atoms with E-state index >= 15 is 0 Å². The lowest BCUT2D eigenvalue weighted by molar-refractivity contribution is -0.137. The third-order valence-electron chi connectivity index (χ3n) is 13.8. The van der Waals surface area contributed by atoms with Gasteiger partial charge in [0, 0.05) is 26.3 Å². The zero-order valence-electron chi connectivity index (χ0n) is 50.6. The van der Waals surface area contributed by atoms with E-state index < -0.39 is 162 Å². The van der Waals surface area contributed by atoms with Crippen LogP contribution in [0.4, 0.5) is 0 Å². The minimum absolute atomic E-state index is 0.0211. The predicted molar refractivity (Wildman–Crippen MR) is 317 cm³/mol. The molecule has 0 radical (unpaired) electrons. The largest absolute Gasteiger partial charge is 0.508 e. The van der Waals surface area contributed by atoms with Gasteiger partial charge in [-0.15, -0.1) is 0 Å². The number of guanidine groups is 1.